The van der Waals surface area contributed by atoms with Crippen LogP contribution >= 0.6 is 0 Å². The summed E-state index contributed by atoms with van der Waals surface area (Å²) in [5.74, 6) is 1.13. The van der Waals surface area contributed by atoms with Gasteiger partial charge in [-0.1, -0.05) is 20.8 Å². The van der Waals surface area contributed by atoms with Gasteiger partial charge in [0.1, 0.15) is 5.82 Å². The van der Waals surface area contributed by atoms with Crippen molar-refractivity contribution < 1.29 is 4.79 Å². The molecule has 3 N–H and O–H groups in total. The number of anilines is 1. The number of hydrogen-bond acceptors (Lipinski definition) is 4. The highest BCUT2D eigenvalue weighted by Gasteiger charge is 2.15. The lowest BCUT2D eigenvalue weighted by molar-refractivity contribution is 0.101. The zero-order valence-corrected chi connectivity index (χ0v) is 10.6. The van der Waals surface area contributed by atoms with Gasteiger partial charge in [-0.25, -0.2) is 4.98 Å². The smallest absolute Gasteiger partial charge is 0.296 e. The molecule has 0 bridgehead atoms. The summed E-state index contributed by atoms with van der Waals surface area (Å²) in [5, 5.41) is 16.0. The quantitative estimate of drug-likeness (QED) is 0.762. The molecular weight excluding hydrogens is 232 g/mol. The third kappa shape index (κ3) is 2.55. The molecule has 0 aliphatic rings. The number of rotatable bonds is 4. The Hall–Kier alpha value is -2.18. The first-order chi connectivity index (χ1) is 8.60. The van der Waals surface area contributed by atoms with E-state index in [9.17, 15) is 4.79 Å². The summed E-state index contributed by atoms with van der Waals surface area (Å²) in [5.41, 5.74) is 0.961. The van der Waals surface area contributed by atoms with E-state index in [-0.39, 0.29) is 17.6 Å². The molecule has 7 nitrogen and oxygen atoms in total. The van der Waals surface area contributed by atoms with E-state index in [0.29, 0.717) is 11.6 Å². The second kappa shape index (κ2) is 4.99. The lowest BCUT2D eigenvalue weighted by Gasteiger charge is -1.97. The first kappa shape index (κ1) is 12.3. The van der Waals surface area contributed by atoms with Gasteiger partial charge in [0.15, 0.2) is 5.82 Å². The van der Waals surface area contributed by atoms with Crippen molar-refractivity contribution in [1.29, 1.82) is 0 Å². The predicted molar refractivity (Wildman–Crippen MR) is 66.4 cm³/mol. The van der Waals surface area contributed by atoms with E-state index in [1.807, 2.05) is 20.8 Å². The van der Waals surface area contributed by atoms with Crippen molar-refractivity contribution in [3.05, 3.63) is 23.4 Å². The summed E-state index contributed by atoms with van der Waals surface area (Å²) in [6.07, 6.45) is 0.834. The van der Waals surface area contributed by atoms with E-state index in [2.05, 4.69) is 30.7 Å². The molecule has 0 saturated carbocycles. The lowest BCUT2D eigenvalue weighted by atomic mass is 10.2. The van der Waals surface area contributed by atoms with Crippen LogP contribution in [0.15, 0.2) is 6.07 Å². The zero-order valence-electron chi connectivity index (χ0n) is 10.6. The molecule has 0 aliphatic carbocycles. The molecule has 18 heavy (non-hydrogen) atoms. The number of amides is 1. The second-order valence-corrected chi connectivity index (χ2v) is 4.29. The minimum Gasteiger partial charge on any atom is -0.302 e. The molecule has 0 saturated heterocycles. The standard InChI is InChI=1S/C11H16N6O/c1-4-7-5-8(15-14-7)12-11(18)10-13-9(6(2)3)16-17-10/h5-6H,4H2,1-3H3,(H,13,16,17)(H2,12,14,15,18). The molecule has 7 heteroatoms. The number of nitrogens with one attached hydrogen (secondary N) is 3. The summed E-state index contributed by atoms with van der Waals surface area (Å²) in [7, 11) is 0. The SMILES string of the molecule is CCc1cc(NC(=O)c2n[nH]c(C(C)C)n2)n[nH]1. The number of H-pyrrole nitrogens is 2. The molecule has 96 valence electrons. The van der Waals surface area contributed by atoms with Gasteiger partial charge in [-0.2, -0.15) is 5.10 Å². The van der Waals surface area contributed by atoms with Crippen molar-refractivity contribution in [3.8, 4) is 0 Å². The van der Waals surface area contributed by atoms with Gasteiger partial charge in [0.05, 0.1) is 0 Å². The molecule has 0 radical (unpaired) electrons. The number of aromatic amines is 2. The lowest BCUT2D eigenvalue weighted by Crippen LogP contribution is -2.14. The van der Waals surface area contributed by atoms with Crippen LogP contribution in [0.5, 0.6) is 0 Å². The normalized spacial score (nSPS) is 10.9. The van der Waals surface area contributed by atoms with Gasteiger partial charge in [-0.3, -0.25) is 15.0 Å². The Morgan fingerprint density at radius 3 is 2.72 bits per heavy atom. The van der Waals surface area contributed by atoms with E-state index >= 15 is 0 Å². The van der Waals surface area contributed by atoms with Crippen molar-refractivity contribution in [2.24, 2.45) is 0 Å². The Bertz CT molecular complexity index is 541. The maximum Gasteiger partial charge on any atom is 0.296 e. The maximum absolute atomic E-state index is 11.8. The monoisotopic (exact) mass is 248 g/mol. The summed E-state index contributed by atoms with van der Waals surface area (Å²) in [6, 6.07) is 1.79. The number of hydrogen-bond donors (Lipinski definition) is 3. The van der Waals surface area contributed by atoms with Crippen molar-refractivity contribution in [2.75, 3.05) is 5.32 Å². The van der Waals surface area contributed by atoms with Crippen LogP contribution in [0.3, 0.4) is 0 Å². The van der Waals surface area contributed by atoms with Crippen LogP contribution in [-0.2, 0) is 6.42 Å². The van der Waals surface area contributed by atoms with Gasteiger partial charge in [0, 0.05) is 17.7 Å². The van der Waals surface area contributed by atoms with Crippen molar-refractivity contribution in [1.82, 2.24) is 25.4 Å². The highest BCUT2D eigenvalue weighted by Crippen LogP contribution is 2.10. The fourth-order valence-electron chi connectivity index (χ4n) is 1.41. The second-order valence-electron chi connectivity index (χ2n) is 4.29. The van der Waals surface area contributed by atoms with Gasteiger partial charge >= 0.3 is 0 Å². The van der Waals surface area contributed by atoms with Gasteiger partial charge in [0.2, 0.25) is 5.82 Å². The van der Waals surface area contributed by atoms with Crippen molar-refractivity contribution in [2.45, 2.75) is 33.1 Å². The maximum atomic E-state index is 11.8. The molecule has 0 atom stereocenters. The fraction of sp³-hybridized carbons (Fsp3) is 0.455. The first-order valence-corrected chi connectivity index (χ1v) is 5.88. The van der Waals surface area contributed by atoms with Gasteiger partial charge in [-0.15, -0.1) is 5.10 Å². The Morgan fingerprint density at radius 2 is 2.17 bits per heavy atom. The van der Waals surface area contributed by atoms with Gasteiger partial charge in [0.25, 0.3) is 5.91 Å². The van der Waals surface area contributed by atoms with E-state index in [4.69, 9.17) is 0 Å². The molecule has 1 amide bonds. The summed E-state index contributed by atoms with van der Waals surface area (Å²) in [6.45, 7) is 5.95. The van der Waals surface area contributed by atoms with Gasteiger partial charge in [-0.05, 0) is 6.42 Å². The van der Waals surface area contributed by atoms with Crippen LogP contribution < -0.4 is 5.32 Å². The van der Waals surface area contributed by atoms with E-state index in [1.165, 1.54) is 0 Å². The molecule has 0 fully saturated rings. The van der Waals surface area contributed by atoms with Crippen molar-refractivity contribution >= 4 is 11.7 Å². The number of aryl methyl sites for hydroxylation is 1. The predicted octanol–water partition coefficient (Wildman–Crippen LogP) is 1.47. The van der Waals surface area contributed by atoms with E-state index in [0.717, 1.165) is 12.1 Å². The average Bonchev–Trinajstić information content (AvgIpc) is 2.97. The Kier molecular flexibility index (Phi) is 3.40. The number of aromatic nitrogens is 5. The molecule has 0 aromatic carbocycles. The van der Waals surface area contributed by atoms with Crippen LogP contribution in [0.2, 0.25) is 0 Å². The Balaban J connectivity index is 2.06. The molecular formula is C11H16N6O. The summed E-state index contributed by atoms with van der Waals surface area (Å²) < 4.78 is 0. The third-order valence-electron chi connectivity index (χ3n) is 2.51. The highest BCUT2D eigenvalue weighted by atomic mass is 16.2. The Morgan fingerprint density at radius 1 is 1.39 bits per heavy atom. The summed E-state index contributed by atoms with van der Waals surface area (Å²) >= 11 is 0. The van der Waals surface area contributed by atoms with Crippen LogP contribution in [-0.4, -0.2) is 31.3 Å². The Labute approximate surface area is 104 Å². The molecule has 2 heterocycles. The topological polar surface area (TPSA) is 99.3 Å². The minimum absolute atomic E-state index is 0.125. The molecule has 0 spiro atoms. The first-order valence-electron chi connectivity index (χ1n) is 5.88. The third-order valence-corrected chi connectivity index (χ3v) is 2.51. The molecule has 0 aliphatic heterocycles. The highest BCUT2D eigenvalue weighted by molar-refractivity contribution is 6.00. The number of nitrogens with zero attached hydrogens (tertiary/aromatic N) is 3. The molecule has 2 rings (SSSR count). The molecule has 2 aromatic rings. The van der Waals surface area contributed by atoms with Crippen LogP contribution in [0.4, 0.5) is 5.82 Å². The van der Waals surface area contributed by atoms with E-state index < -0.39 is 0 Å². The number of carbonyl (C=O) groups is 1. The minimum atomic E-state index is -0.368. The number of carbonyl (C=O) groups excluding carboxylic acids is 1. The van der Waals surface area contributed by atoms with Crippen LogP contribution in [0.1, 0.15) is 48.8 Å². The zero-order chi connectivity index (χ0) is 13.1. The fourth-order valence-corrected chi connectivity index (χ4v) is 1.41. The average molecular weight is 248 g/mol. The summed E-state index contributed by atoms with van der Waals surface area (Å²) in [4.78, 5) is 16.0. The molecule has 0 unspecified atom stereocenters. The largest absolute Gasteiger partial charge is 0.302 e. The molecule has 2 aromatic heterocycles. The van der Waals surface area contributed by atoms with E-state index in [1.54, 1.807) is 6.07 Å². The van der Waals surface area contributed by atoms with Crippen LogP contribution in [0.25, 0.3) is 0 Å². The van der Waals surface area contributed by atoms with Crippen molar-refractivity contribution in [3.63, 3.8) is 0 Å². The van der Waals surface area contributed by atoms with Gasteiger partial charge < -0.3 is 5.32 Å². The van der Waals surface area contributed by atoms with Crippen LogP contribution in [0, 0.1) is 0 Å².